The molecule has 0 aromatic carbocycles. The van der Waals surface area contributed by atoms with Crippen molar-refractivity contribution in [2.45, 2.75) is 33.2 Å². The van der Waals surface area contributed by atoms with Crippen molar-refractivity contribution in [2.75, 3.05) is 6.54 Å². The summed E-state index contributed by atoms with van der Waals surface area (Å²) >= 11 is 0. The maximum Gasteiger partial charge on any atom is 0.242 e. The van der Waals surface area contributed by atoms with Crippen molar-refractivity contribution in [3.05, 3.63) is 0 Å². The van der Waals surface area contributed by atoms with Crippen molar-refractivity contribution < 1.29 is 9.59 Å². The van der Waals surface area contributed by atoms with Crippen LogP contribution in [0.3, 0.4) is 0 Å². The zero-order chi connectivity index (χ0) is 10.3. The highest BCUT2D eigenvalue weighted by atomic mass is 16.2. The summed E-state index contributed by atoms with van der Waals surface area (Å²) in [7, 11) is 0. The lowest BCUT2D eigenvalue weighted by molar-refractivity contribution is -0.125. The van der Waals surface area contributed by atoms with E-state index in [9.17, 15) is 9.59 Å². The van der Waals surface area contributed by atoms with E-state index < -0.39 is 6.04 Å². The lowest BCUT2D eigenvalue weighted by atomic mass is 10.0. The van der Waals surface area contributed by atoms with Gasteiger partial charge in [0.25, 0.3) is 0 Å². The first-order chi connectivity index (χ1) is 6.11. The van der Waals surface area contributed by atoms with Crippen LogP contribution in [0.25, 0.3) is 0 Å². The van der Waals surface area contributed by atoms with Crippen LogP contribution in [0.5, 0.6) is 0 Å². The van der Waals surface area contributed by atoms with Gasteiger partial charge in [0.2, 0.25) is 12.3 Å². The van der Waals surface area contributed by atoms with E-state index in [1.807, 2.05) is 20.8 Å². The minimum absolute atomic E-state index is 0.108. The SMILES string of the molecule is CCNC(=O)[C@H](CC(C)C)NC=O. The van der Waals surface area contributed by atoms with E-state index >= 15 is 0 Å². The molecule has 0 aliphatic rings. The number of rotatable bonds is 6. The average molecular weight is 186 g/mol. The summed E-state index contributed by atoms with van der Waals surface area (Å²) in [4.78, 5) is 21.6. The van der Waals surface area contributed by atoms with E-state index in [4.69, 9.17) is 0 Å². The number of carbonyl (C=O) groups excluding carboxylic acids is 2. The standard InChI is InChI=1S/C9H18N2O2/c1-4-10-9(13)8(11-6-12)5-7(2)3/h6-8H,4-5H2,1-3H3,(H,10,13)(H,11,12)/t8-/m0/s1. The highest BCUT2D eigenvalue weighted by Crippen LogP contribution is 2.03. The largest absolute Gasteiger partial charge is 0.355 e. The fraction of sp³-hybridized carbons (Fsp3) is 0.778. The second kappa shape index (κ2) is 6.46. The van der Waals surface area contributed by atoms with E-state index in [1.165, 1.54) is 0 Å². The molecule has 0 aliphatic carbocycles. The van der Waals surface area contributed by atoms with Gasteiger partial charge in [-0.05, 0) is 19.3 Å². The van der Waals surface area contributed by atoms with Crippen molar-refractivity contribution in [2.24, 2.45) is 5.92 Å². The van der Waals surface area contributed by atoms with Gasteiger partial charge in [-0.1, -0.05) is 13.8 Å². The van der Waals surface area contributed by atoms with Crippen molar-refractivity contribution in [3.8, 4) is 0 Å². The first-order valence-electron chi connectivity index (χ1n) is 4.59. The number of amides is 2. The second-order valence-corrected chi connectivity index (χ2v) is 3.36. The van der Waals surface area contributed by atoms with E-state index in [1.54, 1.807) is 0 Å². The minimum Gasteiger partial charge on any atom is -0.355 e. The van der Waals surface area contributed by atoms with Crippen molar-refractivity contribution in [1.29, 1.82) is 0 Å². The first-order valence-corrected chi connectivity index (χ1v) is 4.59. The normalized spacial score (nSPS) is 12.3. The Morgan fingerprint density at radius 3 is 2.46 bits per heavy atom. The predicted molar refractivity (Wildman–Crippen MR) is 51.1 cm³/mol. The lowest BCUT2D eigenvalue weighted by Crippen LogP contribution is -2.44. The van der Waals surface area contributed by atoms with Gasteiger partial charge in [0.1, 0.15) is 6.04 Å². The summed E-state index contributed by atoms with van der Waals surface area (Å²) in [6.45, 7) is 6.47. The summed E-state index contributed by atoms with van der Waals surface area (Å²) in [6, 6.07) is -0.391. The Balaban J connectivity index is 4.05. The smallest absolute Gasteiger partial charge is 0.242 e. The number of likely N-dealkylation sites (N-methyl/N-ethyl adjacent to an activating group) is 1. The number of nitrogens with one attached hydrogen (secondary N) is 2. The topological polar surface area (TPSA) is 58.2 Å². The molecule has 0 radical (unpaired) electrons. The fourth-order valence-corrected chi connectivity index (χ4v) is 1.10. The molecule has 0 bridgehead atoms. The molecule has 13 heavy (non-hydrogen) atoms. The predicted octanol–water partition coefficient (Wildman–Crippen LogP) is 0.283. The van der Waals surface area contributed by atoms with E-state index in [-0.39, 0.29) is 5.91 Å². The highest BCUT2D eigenvalue weighted by molar-refractivity contribution is 5.83. The zero-order valence-corrected chi connectivity index (χ0v) is 8.46. The van der Waals surface area contributed by atoms with Crippen LogP contribution in [0.2, 0.25) is 0 Å². The molecule has 2 N–H and O–H groups in total. The van der Waals surface area contributed by atoms with Crippen molar-refractivity contribution in [1.82, 2.24) is 10.6 Å². The lowest BCUT2D eigenvalue weighted by Gasteiger charge is -2.16. The van der Waals surface area contributed by atoms with Crippen LogP contribution in [0.1, 0.15) is 27.2 Å². The van der Waals surface area contributed by atoms with Gasteiger partial charge in [-0.3, -0.25) is 9.59 Å². The maximum absolute atomic E-state index is 11.3. The second-order valence-electron chi connectivity index (χ2n) is 3.36. The van der Waals surface area contributed by atoms with Crippen LogP contribution < -0.4 is 10.6 Å². The summed E-state index contributed by atoms with van der Waals surface area (Å²) in [6.07, 6.45) is 1.24. The molecule has 0 rings (SSSR count). The molecule has 0 spiro atoms. The van der Waals surface area contributed by atoms with E-state index in [0.29, 0.717) is 25.3 Å². The summed E-state index contributed by atoms with van der Waals surface area (Å²) < 4.78 is 0. The Bertz CT molecular complexity index is 169. The van der Waals surface area contributed by atoms with Crippen LogP contribution in [0.4, 0.5) is 0 Å². The molecule has 0 aliphatic heterocycles. The van der Waals surface area contributed by atoms with Gasteiger partial charge in [-0.2, -0.15) is 0 Å². The van der Waals surface area contributed by atoms with Gasteiger partial charge in [0.15, 0.2) is 0 Å². The molecule has 0 fully saturated rings. The van der Waals surface area contributed by atoms with Crippen molar-refractivity contribution in [3.63, 3.8) is 0 Å². The van der Waals surface area contributed by atoms with Gasteiger partial charge >= 0.3 is 0 Å². The molecule has 0 heterocycles. The maximum atomic E-state index is 11.3. The Hall–Kier alpha value is -1.06. The number of carbonyl (C=O) groups is 2. The third-order valence-corrected chi connectivity index (χ3v) is 1.64. The van der Waals surface area contributed by atoms with Crippen LogP contribution in [-0.4, -0.2) is 24.9 Å². The minimum atomic E-state index is -0.391. The molecular weight excluding hydrogens is 168 g/mol. The van der Waals surface area contributed by atoms with Crippen molar-refractivity contribution >= 4 is 12.3 Å². The van der Waals surface area contributed by atoms with Crippen LogP contribution >= 0.6 is 0 Å². The number of hydrogen-bond acceptors (Lipinski definition) is 2. The van der Waals surface area contributed by atoms with E-state index in [2.05, 4.69) is 10.6 Å². The first kappa shape index (κ1) is 11.9. The van der Waals surface area contributed by atoms with E-state index in [0.717, 1.165) is 0 Å². The quantitative estimate of drug-likeness (QED) is 0.585. The molecule has 2 amide bonds. The molecule has 0 aromatic heterocycles. The van der Waals surface area contributed by atoms with Gasteiger partial charge in [-0.25, -0.2) is 0 Å². The highest BCUT2D eigenvalue weighted by Gasteiger charge is 2.17. The number of hydrogen-bond donors (Lipinski definition) is 2. The summed E-state index contributed by atoms with van der Waals surface area (Å²) in [5.74, 6) is 0.281. The summed E-state index contributed by atoms with van der Waals surface area (Å²) in [5, 5.41) is 5.18. The van der Waals surface area contributed by atoms with Gasteiger partial charge in [0.05, 0.1) is 0 Å². The molecule has 1 atom stereocenters. The Kier molecular flexibility index (Phi) is 5.93. The van der Waals surface area contributed by atoms with Crippen LogP contribution in [-0.2, 0) is 9.59 Å². The summed E-state index contributed by atoms with van der Waals surface area (Å²) in [5.41, 5.74) is 0. The molecule has 4 nitrogen and oxygen atoms in total. The third-order valence-electron chi connectivity index (χ3n) is 1.64. The Morgan fingerprint density at radius 1 is 1.46 bits per heavy atom. The average Bonchev–Trinajstić information content (AvgIpc) is 2.03. The molecule has 4 heteroatoms. The molecule has 0 unspecified atom stereocenters. The van der Waals surface area contributed by atoms with Gasteiger partial charge in [0, 0.05) is 6.54 Å². The molecule has 0 saturated heterocycles. The Morgan fingerprint density at radius 2 is 2.08 bits per heavy atom. The monoisotopic (exact) mass is 186 g/mol. The third kappa shape index (κ3) is 5.22. The van der Waals surface area contributed by atoms with Gasteiger partial charge in [-0.15, -0.1) is 0 Å². The molecular formula is C9H18N2O2. The molecule has 0 saturated carbocycles. The zero-order valence-electron chi connectivity index (χ0n) is 8.46. The molecule has 76 valence electrons. The van der Waals surface area contributed by atoms with Crippen LogP contribution in [0.15, 0.2) is 0 Å². The molecule has 0 aromatic rings. The van der Waals surface area contributed by atoms with Gasteiger partial charge < -0.3 is 10.6 Å². The van der Waals surface area contributed by atoms with Crippen LogP contribution in [0, 0.1) is 5.92 Å². The Labute approximate surface area is 79.1 Å². The fourth-order valence-electron chi connectivity index (χ4n) is 1.10.